The molecular weight excluding hydrogens is 352 g/mol. The molecule has 1 aromatic rings. The van der Waals surface area contributed by atoms with Crippen molar-refractivity contribution < 1.29 is 34.4 Å². The highest BCUT2D eigenvalue weighted by molar-refractivity contribution is 5.87. The third-order valence-corrected chi connectivity index (χ3v) is 4.26. The van der Waals surface area contributed by atoms with Gasteiger partial charge in [-0.05, 0) is 64.0 Å². The summed E-state index contributed by atoms with van der Waals surface area (Å²) in [6, 6.07) is 1.82. The number of aliphatic hydroxyl groups is 2. The Labute approximate surface area is 158 Å². The highest BCUT2D eigenvalue weighted by Gasteiger charge is 2.24. The van der Waals surface area contributed by atoms with Gasteiger partial charge in [-0.1, -0.05) is 12.2 Å². The zero-order valence-electron chi connectivity index (χ0n) is 15.7. The number of aliphatic hydroxyl groups excluding tert-OH is 1. The van der Waals surface area contributed by atoms with Gasteiger partial charge in [0.05, 0.1) is 24.2 Å². The number of rotatable bonds is 12. The zero-order chi connectivity index (χ0) is 20.4. The van der Waals surface area contributed by atoms with Gasteiger partial charge < -0.3 is 24.8 Å². The van der Waals surface area contributed by atoms with Gasteiger partial charge >= 0.3 is 11.9 Å². The second-order valence-corrected chi connectivity index (χ2v) is 6.99. The average molecular weight is 380 g/mol. The van der Waals surface area contributed by atoms with E-state index in [1.807, 2.05) is 6.07 Å². The van der Waals surface area contributed by atoms with E-state index < -0.39 is 23.6 Å². The minimum absolute atomic E-state index is 0.0904. The fraction of sp³-hybridized carbons (Fsp3) is 0.500. The Balaban J connectivity index is 2.60. The minimum Gasteiger partial charge on any atom is -0.478 e. The summed E-state index contributed by atoms with van der Waals surface area (Å²) >= 11 is 0. The van der Waals surface area contributed by atoms with E-state index in [-0.39, 0.29) is 36.8 Å². The lowest BCUT2D eigenvalue weighted by Gasteiger charge is -2.24. The SMILES string of the molecule is CC(C)(O)[C@H](O)CC/C(=C/CC/C(=C\CCc1ccoc1)C(=O)O)C(=O)O. The molecule has 0 saturated carbocycles. The molecule has 0 radical (unpaired) electrons. The number of carboxylic acids is 2. The summed E-state index contributed by atoms with van der Waals surface area (Å²) in [6.45, 7) is 2.91. The first-order valence-corrected chi connectivity index (χ1v) is 8.87. The van der Waals surface area contributed by atoms with Crippen molar-refractivity contribution in [1.82, 2.24) is 0 Å². The van der Waals surface area contributed by atoms with E-state index in [4.69, 9.17) is 4.42 Å². The Morgan fingerprint density at radius 2 is 1.70 bits per heavy atom. The summed E-state index contributed by atoms with van der Waals surface area (Å²) in [4.78, 5) is 22.7. The van der Waals surface area contributed by atoms with Crippen LogP contribution < -0.4 is 0 Å². The van der Waals surface area contributed by atoms with Crippen LogP contribution in [0.1, 0.15) is 51.5 Å². The summed E-state index contributed by atoms with van der Waals surface area (Å²) < 4.78 is 4.96. The predicted molar refractivity (Wildman–Crippen MR) is 99.2 cm³/mol. The lowest BCUT2D eigenvalue weighted by molar-refractivity contribution is -0.133. The second kappa shape index (κ2) is 10.7. The number of hydrogen-bond donors (Lipinski definition) is 4. The Kier molecular flexibility index (Phi) is 8.97. The van der Waals surface area contributed by atoms with Crippen molar-refractivity contribution in [2.45, 2.75) is 64.1 Å². The topological polar surface area (TPSA) is 128 Å². The Bertz CT molecular complexity index is 663. The number of carboxylic acid groups (broad SMARTS) is 2. The van der Waals surface area contributed by atoms with Crippen LogP contribution in [0.15, 0.2) is 46.3 Å². The van der Waals surface area contributed by atoms with Gasteiger partial charge in [-0.2, -0.15) is 0 Å². The molecule has 150 valence electrons. The molecule has 0 amide bonds. The van der Waals surface area contributed by atoms with Crippen molar-refractivity contribution in [2.75, 3.05) is 0 Å². The molecule has 0 bridgehead atoms. The first kappa shape index (κ1) is 22.7. The molecule has 1 aromatic heterocycles. The van der Waals surface area contributed by atoms with Crippen LogP contribution in [-0.2, 0) is 16.0 Å². The van der Waals surface area contributed by atoms with Crippen LogP contribution >= 0.6 is 0 Å². The molecule has 0 unspecified atom stereocenters. The predicted octanol–water partition coefficient (Wildman–Crippen LogP) is 2.93. The summed E-state index contributed by atoms with van der Waals surface area (Å²) in [5, 5.41) is 38.1. The maximum atomic E-state index is 11.3. The van der Waals surface area contributed by atoms with E-state index in [0.29, 0.717) is 12.8 Å². The second-order valence-electron chi connectivity index (χ2n) is 6.99. The Hall–Kier alpha value is -2.38. The maximum absolute atomic E-state index is 11.3. The lowest BCUT2D eigenvalue weighted by Crippen LogP contribution is -2.35. The van der Waals surface area contributed by atoms with Gasteiger partial charge in [0.15, 0.2) is 0 Å². The van der Waals surface area contributed by atoms with Gasteiger partial charge in [-0.3, -0.25) is 0 Å². The summed E-state index contributed by atoms with van der Waals surface area (Å²) in [5.41, 5.74) is 0.00418. The quantitative estimate of drug-likeness (QED) is 0.410. The van der Waals surface area contributed by atoms with E-state index in [0.717, 1.165) is 5.56 Å². The summed E-state index contributed by atoms with van der Waals surface area (Å²) in [5.74, 6) is -2.14. The smallest absolute Gasteiger partial charge is 0.331 e. The van der Waals surface area contributed by atoms with Crippen LogP contribution in [0.4, 0.5) is 0 Å². The number of carbonyl (C=O) groups is 2. The molecule has 0 fully saturated rings. The zero-order valence-corrected chi connectivity index (χ0v) is 15.7. The van der Waals surface area contributed by atoms with E-state index in [9.17, 15) is 30.0 Å². The van der Waals surface area contributed by atoms with Crippen molar-refractivity contribution in [3.8, 4) is 0 Å². The molecule has 4 N–H and O–H groups in total. The Morgan fingerprint density at radius 1 is 1.11 bits per heavy atom. The van der Waals surface area contributed by atoms with Gasteiger partial charge in [0.25, 0.3) is 0 Å². The maximum Gasteiger partial charge on any atom is 0.331 e. The molecule has 1 rings (SSSR count). The third-order valence-electron chi connectivity index (χ3n) is 4.26. The molecule has 0 aliphatic rings. The van der Waals surface area contributed by atoms with E-state index in [1.54, 1.807) is 18.6 Å². The van der Waals surface area contributed by atoms with Gasteiger partial charge in [0, 0.05) is 11.1 Å². The number of allylic oxidation sites excluding steroid dienone is 2. The molecular formula is C20H28O7. The van der Waals surface area contributed by atoms with E-state index in [2.05, 4.69) is 0 Å². The number of aliphatic carboxylic acids is 2. The minimum atomic E-state index is -1.31. The van der Waals surface area contributed by atoms with Crippen LogP contribution in [0.3, 0.4) is 0 Å². The average Bonchev–Trinajstić information content (AvgIpc) is 3.07. The summed E-state index contributed by atoms with van der Waals surface area (Å²) in [7, 11) is 0. The molecule has 0 aromatic carbocycles. The molecule has 0 aliphatic carbocycles. The first-order valence-electron chi connectivity index (χ1n) is 8.87. The van der Waals surface area contributed by atoms with E-state index >= 15 is 0 Å². The van der Waals surface area contributed by atoms with Crippen molar-refractivity contribution in [2.24, 2.45) is 0 Å². The van der Waals surface area contributed by atoms with Gasteiger partial charge in [-0.15, -0.1) is 0 Å². The molecule has 0 spiro atoms. The molecule has 0 aliphatic heterocycles. The van der Waals surface area contributed by atoms with Crippen LogP contribution in [-0.4, -0.2) is 44.1 Å². The fourth-order valence-corrected chi connectivity index (χ4v) is 2.49. The first-order chi connectivity index (χ1) is 12.6. The summed E-state index contributed by atoms with van der Waals surface area (Å²) in [6.07, 6.45) is 7.14. The molecule has 1 heterocycles. The number of hydrogen-bond acceptors (Lipinski definition) is 5. The molecule has 27 heavy (non-hydrogen) atoms. The monoisotopic (exact) mass is 380 g/mol. The largest absolute Gasteiger partial charge is 0.478 e. The van der Waals surface area contributed by atoms with Gasteiger partial charge in [0.1, 0.15) is 0 Å². The lowest BCUT2D eigenvalue weighted by atomic mass is 9.95. The van der Waals surface area contributed by atoms with Crippen LogP contribution in [0.25, 0.3) is 0 Å². The molecule has 7 nitrogen and oxygen atoms in total. The third kappa shape index (κ3) is 8.70. The van der Waals surface area contributed by atoms with Crippen LogP contribution in [0, 0.1) is 0 Å². The van der Waals surface area contributed by atoms with Crippen molar-refractivity contribution in [3.63, 3.8) is 0 Å². The van der Waals surface area contributed by atoms with Crippen LogP contribution in [0.5, 0.6) is 0 Å². The molecule has 7 heteroatoms. The van der Waals surface area contributed by atoms with Crippen LogP contribution in [0.2, 0.25) is 0 Å². The number of furan rings is 1. The van der Waals surface area contributed by atoms with E-state index in [1.165, 1.54) is 19.9 Å². The molecule has 1 atom stereocenters. The standard InChI is InChI=1S/C20H28O7/c1-20(2,26)17(21)10-9-16(19(24)25)8-4-7-15(18(22)23)6-3-5-14-11-12-27-13-14/h6,8,11-13,17,21,26H,3-5,7,9-10H2,1-2H3,(H,22,23)(H,24,25)/b15-6+,16-8-/t17-/m1/s1. The highest BCUT2D eigenvalue weighted by Crippen LogP contribution is 2.18. The van der Waals surface area contributed by atoms with Crippen molar-refractivity contribution in [1.29, 1.82) is 0 Å². The van der Waals surface area contributed by atoms with Gasteiger partial charge in [0.2, 0.25) is 0 Å². The normalized spacial score (nSPS) is 14.2. The highest BCUT2D eigenvalue weighted by atomic mass is 16.4. The Morgan fingerprint density at radius 3 is 2.22 bits per heavy atom. The molecule has 0 saturated heterocycles. The van der Waals surface area contributed by atoms with Crippen molar-refractivity contribution >= 4 is 11.9 Å². The van der Waals surface area contributed by atoms with Crippen molar-refractivity contribution in [3.05, 3.63) is 47.5 Å². The van der Waals surface area contributed by atoms with Gasteiger partial charge in [-0.25, -0.2) is 9.59 Å². The number of aryl methyl sites for hydroxylation is 1. The fourth-order valence-electron chi connectivity index (χ4n) is 2.49.